The first-order valence-electron chi connectivity index (χ1n) is 6.32. The summed E-state index contributed by atoms with van der Waals surface area (Å²) in [6.45, 7) is 2.91. The molecule has 1 atom stereocenters. The maximum Gasteiger partial charge on any atom is 0.256 e. The number of anilines is 1. The van der Waals surface area contributed by atoms with Crippen molar-refractivity contribution in [2.45, 2.75) is 25.4 Å². The number of β-amino-alcohol motifs (C(OH)–C–C–N with tert-alkyl or cyclic N) is 1. The highest BCUT2D eigenvalue weighted by Crippen LogP contribution is 2.24. The third-order valence-electron chi connectivity index (χ3n) is 3.39. The number of para-hydroxylation sites is 1. The molecule has 1 heterocycles. The standard InChI is InChI=1S/C14H20N2O2/c1-14(18)8-5-9-16(10-14)13(17)11-6-3-4-7-12(11)15-2/h3-4,6-7,15,18H,5,8-10H2,1-2H3. The van der Waals surface area contributed by atoms with Crippen LogP contribution in [0.4, 0.5) is 5.69 Å². The van der Waals surface area contributed by atoms with Gasteiger partial charge >= 0.3 is 0 Å². The molecule has 0 bridgehead atoms. The van der Waals surface area contributed by atoms with Gasteiger partial charge in [0, 0.05) is 25.8 Å². The summed E-state index contributed by atoms with van der Waals surface area (Å²) in [6.07, 6.45) is 1.60. The second kappa shape index (κ2) is 4.98. The summed E-state index contributed by atoms with van der Waals surface area (Å²) >= 11 is 0. The Balaban J connectivity index is 2.20. The van der Waals surface area contributed by atoms with Crippen LogP contribution < -0.4 is 5.32 Å². The number of rotatable bonds is 2. The highest BCUT2D eigenvalue weighted by Gasteiger charge is 2.31. The lowest BCUT2D eigenvalue weighted by molar-refractivity contribution is -0.0107. The Labute approximate surface area is 108 Å². The average molecular weight is 248 g/mol. The predicted octanol–water partition coefficient (Wildman–Crippen LogP) is 1.72. The number of piperidine rings is 1. The van der Waals surface area contributed by atoms with Crippen molar-refractivity contribution < 1.29 is 9.90 Å². The fraction of sp³-hybridized carbons (Fsp3) is 0.500. The van der Waals surface area contributed by atoms with Crippen molar-refractivity contribution in [3.8, 4) is 0 Å². The molecule has 0 aliphatic carbocycles. The molecule has 2 N–H and O–H groups in total. The molecule has 0 saturated carbocycles. The van der Waals surface area contributed by atoms with Gasteiger partial charge in [0.2, 0.25) is 0 Å². The van der Waals surface area contributed by atoms with Gasteiger partial charge in [0.1, 0.15) is 0 Å². The van der Waals surface area contributed by atoms with Gasteiger partial charge in [0.05, 0.1) is 11.2 Å². The third-order valence-corrected chi connectivity index (χ3v) is 3.39. The Hall–Kier alpha value is -1.55. The van der Waals surface area contributed by atoms with Gasteiger partial charge in [-0.15, -0.1) is 0 Å². The lowest BCUT2D eigenvalue weighted by atomic mass is 9.94. The van der Waals surface area contributed by atoms with Crippen molar-refractivity contribution in [3.05, 3.63) is 29.8 Å². The van der Waals surface area contributed by atoms with Crippen LogP contribution in [-0.2, 0) is 0 Å². The number of carbonyl (C=O) groups is 1. The van der Waals surface area contributed by atoms with Crippen molar-refractivity contribution in [2.24, 2.45) is 0 Å². The molecule has 2 rings (SSSR count). The molecule has 1 unspecified atom stereocenters. The molecule has 4 nitrogen and oxygen atoms in total. The molecule has 0 aromatic heterocycles. The number of hydrogen-bond donors (Lipinski definition) is 2. The molecular weight excluding hydrogens is 228 g/mol. The number of hydrogen-bond acceptors (Lipinski definition) is 3. The van der Waals surface area contributed by atoms with E-state index in [4.69, 9.17) is 0 Å². The molecule has 0 radical (unpaired) electrons. The molecule has 1 fully saturated rings. The fourth-order valence-corrected chi connectivity index (χ4v) is 2.45. The summed E-state index contributed by atoms with van der Waals surface area (Å²) in [5.41, 5.74) is 0.730. The summed E-state index contributed by atoms with van der Waals surface area (Å²) in [4.78, 5) is 14.2. The SMILES string of the molecule is CNc1ccccc1C(=O)N1CCCC(C)(O)C1. The molecule has 1 amide bonds. The van der Waals surface area contributed by atoms with Gasteiger partial charge in [-0.2, -0.15) is 0 Å². The Kier molecular flexibility index (Phi) is 3.57. The van der Waals surface area contributed by atoms with Crippen LogP contribution in [0, 0.1) is 0 Å². The normalized spacial score (nSPS) is 23.8. The molecule has 1 aliphatic heterocycles. The Morgan fingerprint density at radius 3 is 2.83 bits per heavy atom. The maximum absolute atomic E-state index is 12.4. The van der Waals surface area contributed by atoms with Crippen LogP contribution in [0.2, 0.25) is 0 Å². The van der Waals surface area contributed by atoms with Crippen molar-refractivity contribution in [3.63, 3.8) is 0 Å². The average Bonchev–Trinajstić information content (AvgIpc) is 2.36. The van der Waals surface area contributed by atoms with E-state index in [1.165, 1.54) is 0 Å². The van der Waals surface area contributed by atoms with Crippen molar-refractivity contribution >= 4 is 11.6 Å². The summed E-state index contributed by atoms with van der Waals surface area (Å²) in [5, 5.41) is 13.1. The molecule has 0 spiro atoms. The highest BCUT2D eigenvalue weighted by molar-refractivity contribution is 5.99. The van der Waals surface area contributed by atoms with Crippen LogP contribution >= 0.6 is 0 Å². The van der Waals surface area contributed by atoms with Gasteiger partial charge in [-0.25, -0.2) is 0 Å². The largest absolute Gasteiger partial charge is 0.388 e. The van der Waals surface area contributed by atoms with E-state index in [9.17, 15) is 9.90 Å². The zero-order valence-electron chi connectivity index (χ0n) is 10.9. The van der Waals surface area contributed by atoms with E-state index in [0.29, 0.717) is 18.7 Å². The van der Waals surface area contributed by atoms with Crippen molar-refractivity contribution in [2.75, 3.05) is 25.5 Å². The van der Waals surface area contributed by atoms with E-state index in [-0.39, 0.29) is 5.91 Å². The summed E-state index contributed by atoms with van der Waals surface area (Å²) < 4.78 is 0. The van der Waals surface area contributed by atoms with Gasteiger partial charge in [0.25, 0.3) is 5.91 Å². The minimum Gasteiger partial charge on any atom is -0.388 e. The van der Waals surface area contributed by atoms with Crippen LogP contribution in [0.3, 0.4) is 0 Å². The Bertz CT molecular complexity index is 443. The summed E-state index contributed by atoms with van der Waals surface area (Å²) in [7, 11) is 1.80. The zero-order valence-corrected chi connectivity index (χ0v) is 10.9. The van der Waals surface area contributed by atoms with E-state index in [1.807, 2.05) is 24.3 Å². The van der Waals surface area contributed by atoms with E-state index in [1.54, 1.807) is 18.9 Å². The molecule has 1 saturated heterocycles. The molecule has 98 valence electrons. The molecule has 18 heavy (non-hydrogen) atoms. The van der Waals surface area contributed by atoms with Crippen LogP contribution in [0.1, 0.15) is 30.1 Å². The topological polar surface area (TPSA) is 52.6 Å². The Morgan fingerprint density at radius 2 is 2.17 bits per heavy atom. The lowest BCUT2D eigenvalue weighted by Crippen LogP contribution is -2.48. The fourth-order valence-electron chi connectivity index (χ4n) is 2.45. The van der Waals surface area contributed by atoms with Crippen LogP contribution in [0.15, 0.2) is 24.3 Å². The van der Waals surface area contributed by atoms with Crippen LogP contribution in [-0.4, -0.2) is 41.7 Å². The Morgan fingerprint density at radius 1 is 1.44 bits per heavy atom. The van der Waals surface area contributed by atoms with E-state index in [0.717, 1.165) is 18.5 Å². The second-order valence-electron chi connectivity index (χ2n) is 5.12. The highest BCUT2D eigenvalue weighted by atomic mass is 16.3. The molecule has 1 aromatic carbocycles. The number of nitrogens with one attached hydrogen (secondary N) is 1. The first kappa shape index (κ1) is 12.9. The predicted molar refractivity (Wildman–Crippen MR) is 71.8 cm³/mol. The number of carbonyl (C=O) groups excluding carboxylic acids is 1. The molecular formula is C14H20N2O2. The van der Waals surface area contributed by atoms with Crippen LogP contribution in [0.5, 0.6) is 0 Å². The van der Waals surface area contributed by atoms with E-state index >= 15 is 0 Å². The van der Waals surface area contributed by atoms with Gasteiger partial charge < -0.3 is 15.3 Å². The van der Waals surface area contributed by atoms with Crippen molar-refractivity contribution in [1.29, 1.82) is 0 Å². The van der Waals surface area contributed by atoms with Gasteiger partial charge in [0.15, 0.2) is 0 Å². The van der Waals surface area contributed by atoms with Gasteiger partial charge in [-0.05, 0) is 31.9 Å². The number of nitrogens with zero attached hydrogens (tertiary/aromatic N) is 1. The molecule has 1 aliphatic rings. The summed E-state index contributed by atoms with van der Waals surface area (Å²) in [6, 6.07) is 7.46. The second-order valence-corrected chi connectivity index (χ2v) is 5.12. The number of likely N-dealkylation sites (tertiary alicyclic amines) is 1. The third kappa shape index (κ3) is 2.64. The first-order valence-corrected chi connectivity index (χ1v) is 6.32. The van der Waals surface area contributed by atoms with Gasteiger partial charge in [-0.3, -0.25) is 4.79 Å². The first-order chi connectivity index (χ1) is 8.53. The molecule has 4 heteroatoms. The van der Waals surface area contributed by atoms with E-state index in [2.05, 4.69) is 5.32 Å². The summed E-state index contributed by atoms with van der Waals surface area (Å²) in [5.74, 6) is -0.0140. The quantitative estimate of drug-likeness (QED) is 0.838. The minimum atomic E-state index is -0.761. The van der Waals surface area contributed by atoms with E-state index < -0.39 is 5.60 Å². The molecule has 1 aromatic rings. The van der Waals surface area contributed by atoms with Crippen molar-refractivity contribution in [1.82, 2.24) is 4.90 Å². The number of aliphatic hydroxyl groups is 1. The maximum atomic E-state index is 12.4. The number of benzene rings is 1. The monoisotopic (exact) mass is 248 g/mol. The smallest absolute Gasteiger partial charge is 0.256 e. The zero-order chi connectivity index (χ0) is 13.2. The number of amides is 1. The van der Waals surface area contributed by atoms with Gasteiger partial charge in [-0.1, -0.05) is 12.1 Å². The minimum absolute atomic E-state index is 0.0140. The van der Waals surface area contributed by atoms with Crippen LogP contribution in [0.25, 0.3) is 0 Å². The lowest BCUT2D eigenvalue weighted by Gasteiger charge is -2.37.